The first-order chi connectivity index (χ1) is 8.29. The summed E-state index contributed by atoms with van der Waals surface area (Å²) in [5.74, 6) is 1.32. The zero-order valence-corrected chi connectivity index (χ0v) is 11.6. The summed E-state index contributed by atoms with van der Waals surface area (Å²) in [5.41, 5.74) is 4.50. The van der Waals surface area contributed by atoms with Crippen LogP contribution in [0.4, 0.5) is 0 Å². The Kier molecular flexibility index (Phi) is 7.39. The van der Waals surface area contributed by atoms with Gasteiger partial charge in [-0.2, -0.15) is 0 Å². The maximum Gasteiger partial charge on any atom is 0.251 e. The Bertz CT molecular complexity index is 282. The molecule has 1 aromatic rings. The molecular weight excluding hydrogens is 214 g/mol. The molecule has 0 fully saturated rings. The molecule has 2 N–H and O–H groups in total. The van der Waals surface area contributed by atoms with Crippen molar-refractivity contribution in [1.82, 2.24) is 0 Å². The summed E-state index contributed by atoms with van der Waals surface area (Å²) in [5, 5.41) is 0. The third kappa shape index (κ3) is 3.63. The van der Waals surface area contributed by atoms with Gasteiger partial charge in [-0.25, -0.2) is 0 Å². The minimum absolute atomic E-state index is 0.413. The second-order valence-corrected chi connectivity index (χ2v) is 3.27. The molecule has 3 nitrogen and oxygen atoms in total. The average molecular weight is 239 g/mol. The smallest absolute Gasteiger partial charge is 0.251 e. The number of nitrogens with two attached hydrogens (primary N) is 1. The fourth-order valence-corrected chi connectivity index (χ4v) is 1.58. The van der Waals surface area contributed by atoms with Crippen LogP contribution >= 0.6 is 0 Å². The van der Waals surface area contributed by atoms with E-state index in [2.05, 4.69) is 19.6 Å². The van der Waals surface area contributed by atoms with Gasteiger partial charge in [-0.1, -0.05) is 39.8 Å². The number of ether oxygens (including phenoxy) is 2. The summed E-state index contributed by atoms with van der Waals surface area (Å²) in [6, 6.07) is 7.82. The molecule has 0 saturated heterocycles. The van der Waals surface area contributed by atoms with Gasteiger partial charge in [0, 0.05) is 12.8 Å². The Morgan fingerprint density at radius 1 is 0.941 bits per heavy atom. The van der Waals surface area contributed by atoms with Crippen molar-refractivity contribution in [1.29, 1.82) is 0 Å². The van der Waals surface area contributed by atoms with E-state index in [-0.39, 0.29) is 0 Å². The Hall–Kier alpha value is -1.22. The van der Waals surface area contributed by atoms with Gasteiger partial charge in [0.15, 0.2) is 11.5 Å². The maximum absolute atomic E-state index is 5.77. The molecule has 0 saturated carbocycles. The summed E-state index contributed by atoms with van der Waals surface area (Å²) < 4.78 is 11.5. The predicted molar refractivity (Wildman–Crippen MR) is 72.5 cm³/mol. The number of fused-ring (bicyclic) bond motifs is 1. The Morgan fingerprint density at radius 3 is 1.59 bits per heavy atom. The van der Waals surface area contributed by atoms with Gasteiger partial charge >= 0.3 is 0 Å². The molecule has 2 rings (SSSR count). The Balaban J connectivity index is 0.000000581. The van der Waals surface area contributed by atoms with Crippen LogP contribution in [-0.4, -0.2) is 12.8 Å². The summed E-state index contributed by atoms with van der Waals surface area (Å²) >= 11 is 0. The Labute approximate surface area is 105 Å². The first-order valence-corrected chi connectivity index (χ1v) is 6.34. The number of para-hydroxylation sites is 2. The van der Waals surface area contributed by atoms with Gasteiger partial charge < -0.3 is 15.2 Å². The van der Waals surface area contributed by atoms with Gasteiger partial charge in [0.05, 0.1) is 0 Å². The first-order valence-electron chi connectivity index (χ1n) is 6.34. The van der Waals surface area contributed by atoms with E-state index in [1.54, 1.807) is 0 Å². The van der Waals surface area contributed by atoms with Crippen LogP contribution in [0.1, 0.15) is 40.5 Å². The van der Waals surface area contributed by atoms with E-state index in [0.717, 1.165) is 24.3 Å². The molecule has 0 bridgehead atoms. The molecule has 1 aliphatic heterocycles. The molecule has 3 heteroatoms. The maximum atomic E-state index is 5.77. The molecule has 0 aliphatic carbocycles. The SMILES string of the molecule is CC.CCC1(CC)Oc2ccccc2O1.CN. The summed E-state index contributed by atoms with van der Waals surface area (Å²) in [4.78, 5) is 0. The minimum atomic E-state index is -0.413. The lowest BCUT2D eigenvalue weighted by Crippen LogP contribution is -2.36. The third-order valence-electron chi connectivity index (χ3n) is 2.52. The van der Waals surface area contributed by atoms with Gasteiger partial charge in [-0.15, -0.1) is 0 Å². The Morgan fingerprint density at radius 2 is 1.29 bits per heavy atom. The highest BCUT2D eigenvalue weighted by atomic mass is 16.7. The predicted octanol–water partition coefficient (Wildman–Crippen LogP) is 3.58. The molecule has 1 heterocycles. The van der Waals surface area contributed by atoms with E-state index >= 15 is 0 Å². The molecule has 0 atom stereocenters. The molecule has 0 amide bonds. The van der Waals surface area contributed by atoms with Crippen LogP contribution in [0, 0.1) is 0 Å². The first kappa shape index (κ1) is 15.8. The van der Waals surface area contributed by atoms with E-state index in [0.29, 0.717) is 0 Å². The fraction of sp³-hybridized carbons (Fsp3) is 0.571. The highest BCUT2D eigenvalue weighted by molar-refractivity contribution is 5.42. The van der Waals surface area contributed by atoms with Crippen molar-refractivity contribution in [3.63, 3.8) is 0 Å². The van der Waals surface area contributed by atoms with E-state index in [1.807, 2.05) is 38.1 Å². The zero-order chi connectivity index (χ0) is 13.3. The lowest BCUT2D eigenvalue weighted by molar-refractivity contribution is -0.0843. The van der Waals surface area contributed by atoms with E-state index in [1.165, 1.54) is 7.05 Å². The van der Waals surface area contributed by atoms with Gasteiger partial charge in [0.1, 0.15) is 0 Å². The standard InChI is InChI=1S/C11H14O2.C2H6.CH5N/c1-3-11(4-2)12-9-7-5-6-8-10(9)13-11;2*1-2/h5-8H,3-4H2,1-2H3;1-2H3;2H2,1H3. The van der Waals surface area contributed by atoms with Gasteiger partial charge in [0.2, 0.25) is 0 Å². The molecule has 0 radical (unpaired) electrons. The molecule has 0 aromatic heterocycles. The molecule has 1 aliphatic rings. The van der Waals surface area contributed by atoms with Crippen LogP contribution in [0.15, 0.2) is 24.3 Å². The van der Waals surface area contributed by atoms with Crippen LogP contribution in [-0.2, 0) is 0 Å². The molecule has 1 aromatic carbocycles. The van der Waals surface area contributed by atoms with Crippen LogP contribution < -0.4 is 15.2 Å². The van der Waals surface area contributed by atoms with Crippen LogP contribution in [0.5, 0.6) is 11.5 Å². The highest BCUT2D eigenvalue weighted by Crippen LogP contribution is 2.41. The lowest BCUT2D eigenvalue weighted by Gasteiger charge is -2.24. The largest absolute Gasteiger partial charge is 0.448 e. The van der Waals surface area contributed by atoms with Crippen molar-refractivity contribution in [2.24, 2.45) is 5.73 Å². The second kappa shape index (κ2) is 7.96. The van der Waals surface area contributed by atoms with Gasteiger partial charge in [-0.05, 0) is 19.2 Å². The van der Waals surface area contributed by atoms with Crippen molar-refractivity contribution in [3.8, 4) is 11.5 Å². The topological polar surface area (TPSA) is 44.5 Å². The van der Waals surface area contributed by atoms with E-state index in [4.69, 9.17) is 9.47 Å². The zero-order valence-electron chi connectivity index (χ0n) is 11.6. The third-order valence-corrected chi connectivity index (χ3v) is 2.52. The number of hydrogen-bond acceptors (Lipinski definition) is 3. The number of benzene rings is 1. The summed E-state index contributed by atoms with van der Waals surface area (Å²) in [7, 11) is 1.50. The normalized spacial score (nSPS) is 14.0. The molecule has 98 valence electrons. The van der Waals surface area contributed by atoms with Gasteiger partial charge in [-0.3, -0.25) is 0 Å². The molecule has 0 unspecified atom stereocenters. The number of hydrogen-bond donors (Lipinski definition) is 1. The van der Waals surface area contributed by atoms with Crippen molar-refractivity contribution in [2.45, 2.75) is 46.3 Å². The van der Waals surface area contributed by atoms with Crippen molar-refractivity contribution in [2.75, 3.05) is 7.05 Å². The lowest BCUT2D eigenvalue weighted by atomic mass is 10.1. The monoisotopic (exact) mass is 239 g/mol. The quantitative estimate of drug-likeness (QED) is 0.858. The molecule has 0 spiro atoms. The minimum Gasteiger partial charge on any atom is -0.448 e. The van der Waals surface area contributed by atoms with E-state index < -0.39 is 5.79 Å². The average Bonchev–Trinajstić information content (AvgIpc) is 2.82. The van der Waals surface area contributed by atoms with Crippen LogP contribution in [0.2, 0.25) is 0 Å². The van der Waals surface area contributed by atoms with Crippen molar-refractivity contribution in [3.05, 3.63) is 24.3 Å². The van der Waals surface area contributed by atoms with Crippen molar-refractivity contribution < 1.29 is 9.47 Å². The fourth-order valence-electron chi connectivity index (χ4n) is 1.58. The van der Waals surface area contributed by atoms with Gasteiger partial charge in [0.25, 0.3) is 5.79 Å². The van der Waals surface area contributed by atoms with E-state index in [9.17, 15) is 0 Å². The molecule has 17 heavy (non-hydrogen) atoms. The van der Waals surface area contributed by atoms with Crippen molar-refractivity contribution >= 4 is 0 Å². The van der Waals surface area contributed by atoms with Crippen LogP contribution in [0.3, 0.4) is 0 Å². The van der Waals surface area contributed by atoms with Crippen LogP contribution in [0.25, 0.3) is 0 Å². The second-order valence-electron chi connectivity index (χ2n) is 3.27. The highest BCUT2D eigenvalue weighted by Gasteiger charge is 2.37. The number of rotatable bonds is 2. The molecular formula is C14H25NO2. The summed E-state index contributed by atoms with van der Waals surface area (Å²) in [6.45, 7) is 8.16. The summed E-state index contributed by atoms with van der Waals surface area (Å²) in [6.07, 6.45) is 1.75.